The third kappa shape index (κ3) is 2.84. The first-order chi connectivity index (χ1) is 8.81. The molecule has 3 aliphatic rings. The highest BCUT2D eigenvalue weighted by Crippen LogP contribution is 2.25. The third-order valence-electron chi connectivity index (χ3n) is 4.42. The summed E-state index contributed by atoms with van der Waals surface area (Å²) in [5, 5.41) is 6.56. The van der Waals surface area contributed by atoms with E-state index in [0.717, 1.165) is 64.1 Å². The number of rotatable bonds is 3. The summed E-state index contributed by atoms with van der Waals surface area (Å²) in [4.78, 5) is 14.3. The van der Waals surface area contributed by atoms with Gasteiger partial charge in [-0.2, -0.15) is 0 Å². The maximum absolute atomic E-state index is 12.0. The van der Waals surface area contributed by atoms with Crippen LogP contribution in [0.2, 0.25) is 0 Å². The molecule has 5 nitrogen and oxygen atoms in total. The second-order valence-corrected chi connectivity index (χ2v) is 5.83. The molecule has 3 rings (SSSR count). The maximum Gasteiger partial charge on any atom is 0.234 e. The van der Waals surface area contributed by atoms with Gasteiger partial charge in [-0.05, 0) is 37.8 Å². The zero-order chi connectivity index (χ0) is 12.4. The number of ether oxygens (including phenoxy) is 1. The van der Waals surface area contributed by atoms with Gasteiger partial charge < -0.3 is 15.4 Å². The molecule has 0 aromatic carbocycles. The number of carbonyl (C=O) groups is 1. The van der Waals surface area contributed by atoms with E-state index < -0.39 is 0 Å². The predicted octanol–water partition coefficient (Wildman–Crippen LogP) is -0.567. The molecule has 0 aromatic rings. The normalized spacial score (nSPS) is 33.6. The smallest absolute Gasteiger partial charge is 0.234 e. The molecule has 102 valence electrons. The molecule has 0 aromatic heterocycles. The van der Waals surface area contributed by atoms with Gasteiger partial charge in [0.1, 0.15) is 0 Å². The molecule has 3 aliphatic heterocycles. The number of amides is 1. The Bertz CT molecular complexity index is 293. The van der Waals surface area contributed by atoms with Crippen LogP contribution in [0.25, 0.3) is 0 Å². The minimum Gasteiger partial charge on any atom is -0.381 e. The zero-order valence-electron chi connectivity index (χ0n) is 10.9. The predicted molar refractivity (Wildman–Crippen MR) is 68.3 cm³/mol. The SMILES string of the molecule is O=C(CN1CC2CNCC2C1)NC1CCOCC1. The summed E-state index contributed by atoms with van der Waals surface area (Å²) in [6, 6.07) is 0.329. The standard InChI is InChI=1S/C13H23N3O2/c17-13(15-12-1-3-18-4-2-12)9-16-7-10-5-14-6-11(10)8-16/h10-12,14H,1-9H2,(H,15,17). The number of likely N-dealkylation sites (tertiary alicyclic amines) is 1. The van der Waals surface area contributed by atoms with Gasteiger partial charge in [0.05, 0.1) is 6.54 Å². The summed E-state index contributed by atoms with van der Waals surface area (Å²) in [6.07, 6.45) is 1.92. The first-order valence-electron chi connectivity index (χ1n) is 7.11. The van der Waals surface area contributed by atoms with E-state index in [1.807, 2.05) is 0 Å². The third-order valence-corrected chi connectivity index (χ3v) is 4.42. The first-order valence-corrected chi connectivity index (χ1v) is 7.11. The number of hydrogen-bond acceptors (Lipinski definition) is 4. The summed E-state index contributed by atoms with van der Waals surface area (Å²) < 4.78 is 5.30. The second kappa shape index (κ2) is 5.55. The largest absolute Gasteiger partial charge is 0.381 e. The monoisotopic (exact) mass is 253 g/mol. The van der Waals surface area contributed by atoms with Crippen molar-refractivity contribution in [3.63, 3.8) is 0 Å². The van der Waals surface area contributed by atoms with Crippen molar-refractivity contribution in [3.05, 3.63) is 0 Å². The van der Waals surface area contributed by atoms with E-state index in [-0.39, 0.29) is 5.91 Å². The van der Waals surface area contributed by atoms with Crippen molar-refractivity contribution < 1.29 is 9.53 Å². The Labute approximate surface area is 108 Å². The molecule has 2 atom stereocenters. The molecule has 2 unspecified atom stereocenters. The van der Waals surface area contributed by atoms with Gasteiger partial charge in [-0.1, -0.05) is 0 Å². The highest BCUT2D eigenvalue weighted by Gasteiger charge is 2.36. The van der Waals surface area contributed by atoms with E-state index in [4.69, 9.17) is 4.74 Å². The molecule has 3 saturated heterocycles. The van der Waals surface area contributed by atoms with Crippen LogP contribution in [-0.2, 0) is 9.53 Å². The minimum absolute atomic E-state index is 0.190. The number of hydrogen-bond donors (Lipinski definition) is 2. The molecule has 1 amide bonds. The highest BCUT2D eigenvalue weighted by molar-refractivity contribution is 5.78. The van der Waals surface area contributed by atoms with Gasteiger partial charge in [0.2, 0.25) is 5.91 Å². The van der Waals surface area contributed by atoms with Crippen LogP contribution in [0.3, 0.4) is 0 Å². The summed E-state index contributed by atoms with van der Waals surface area (Å²) in [5.74, 6) is 1.72. The second-order valence-electron chi connectivity index (χ2n) is 5.83. The average molecular weight is 253 g/mol. The molecule has 0 radical (unpaired) electrons. The lowest BCUT2D eigenvalue weighted by atomic mass is 10.0. The van der Waals surface area contributed by atoms with Gasteiger partial charge in [0.15, 0.2) is 0 Å². The quantitative estimate of drug-likeness (QED) is 0.707. The average Bonchev–Trinajstić information content (AvgIpc) is 2.90. The molecule has 3 fully saturated rings. The van der Waals surface area contributed by atoms with Gasteiger partial charge >= 0.3 is 0 Å². The fourth-order valence-corrected chi connectivity index (χ4v) is 3.40. The Kier molecular flexibility index (Phi) is 3.82. The van der Waals surface area contributed by atoms with Crippen molar-refractivity contribution in [2.75, 3.05) is 45.9 Å². The summed E-state index contributed by atoms with van der Waals surface area (Å²) in [7, 11) is 0. The number of nitrogens with one attached hydrogen (secondary N) is 2. The molecule has 0 bridgehead atoms. The van der Waals surface area contributed by atoms with Crippen LogP contribution < -0.4 is 10.6 Å². The Morgan fingerprint density at radius 1 is 1.22 bits per heavy atom. The fourth-order valence-electron chi connectivity index (χ4n) is 3.40. The Morgan fingerprint density at radius 2 is 1.89 bits per heavy atom. The Hall–Kier alpha value is -0.650. The van der Waals surface area contributed by atoms with Gasteiger partial charge in [-0.3, -0.25) is 9.69 Å². The van der Waals surface area contributed by atoms with E-state index in [0.29, 0.717) is 12.6 Å². The lowest BCUT2D eigenvalue weighted by Gasteiger charge is -2.24. The van der Waals surface area contributed by atoms with Crippen molar-refractivity contribution in [2.45, 2.75) is 18.9 Å². The van der Waals surface area contributed by atoms with Gasteiger partial charge in [-0.15, -0.1) is 0 Å². The molecule has 2 N–H and O–H groups in total. The van der Waals surface area contributed by atoms with Crippen LogP contribution in [0.4, 0.5) is 0 Å². The van der Waals surface area contributed by atoms with Crippen LogP contribution in [0.15, 0.2) is 0 Å². The number of nitrogens with zero attached hydrogens (tertiary/aromatic N) is 1. The van der Waals surface area contributed by atoms with Crippen molar-refractivity contribution in [1.29, 1.82) is 0 Å². The Morgan fingerprint density at radius 3 is 2.56 bits per heavy atom. The van der Waals surface area contributed by atoms with E-state index in [9.17, 15) is 4.79 Å². The first kappa shape index (κ1) is 12.4. The van der Waals surface area contributed by atoms with Gasteiger partial charge in [-0.25, -0.2) is 0 Å². The molecular weight excluding hydrogens is 230 g/mol. The number of carbonyl (C=O) groups excluding carboxylic acids is 1. The topological polar surface area (TPSA) is 53.6 Å². The van der Waals surface area contributed by atoms with Gasteiger partial charge in [0, 0.05) is 32.3 Å². The van der Waals surface area contributed by atoms with E-state index in [1.54, 1.807) is 0 Å². The van der Waals surface area contributed by atoms with Crippen molar-refractivity contribution in [3.8, 4) is 0 Å². The lowest BCUT2D eigenvalue weighted by Crippen LogP contribution is -2.44. The van der Waals surface area contributed by atoms with Crippen LogP contribution >= 0.6 is 0 Å². The highest BCUT2D eigenvalue weighted by atomic mass is 16.5. The molecule has 0 aliphatic carbocycles. The molecule has 0 spiro atoms. The van der Waals surface area contributed by atoms with Crippen molar-refractivity contribution >= 4 is 5.91 Å². The van der Waals surface area contributed by atoms with Crippen LogP contribution in [-0.4, -0.2) is 62.8 Å². The lowest BCUT2D eigenvalue weighted by molar-refractivity contribution is -0.123. The van der Waals surface area contributed by atoms with Crippen LogP contribution in [0.1, 0.15) is 12.8 Å². The van der Waals surface area contributed by atoms with Crippen LogP contribution in [0.5, 0.6) is 0 Å². The minimum atomic E-state index is 0.190. The van der Waals surface area contributed by atoms with Crippen molar-refractivity contribution in [1.82, 2.24) is 15.5 Å². The van der Waals surface area contributed by atoms with Crippen molar-refractivity contribution in [2.24, 2.45) is 11.8 Å². The summed E-state index contributed by atoms with van der Waals surface area (Å²) >= 11 is 0. The van der Waals surface area contributed by atoms with Crippen LogP contribution in [0, 0.1) is 11.8 Å². The zero-order valence-corrected chi connectivity index (χ0v) is 10.9. The van der Waals surface area contributed by atoms with E-state index in [1.165, 1.54) is 0 Å². The molecule has 3 heterocycles. The molecule has 5 heteroatoms. The summed E-state index contributed by atoms with van der Waals surface area (Å²) in [5.41, 5.74) is 0. The Balaban J connectivity index is 1.41. The summed E-state index contributed by atoms with van der Waals surface area (Å²) in [6.45, 7) is 6.56. The molecular formula is C13H23N3O2. The molecule has 18 heavy (non-hydrogen) atoms. The molecule has 0 saturated carbocycles. The van der Waals surface area contributed by atoms with Gasteiger partial charge in [0.25, 0.3) is 0 Å². The maximum atomic E-state index is 12.0. The van der Waals surface area contributed by atoms with E-state index in [2.05, 4.69) is 15.5 Å². The fraction of sp³-hybridized carbons (Fsp3) is 0.923. The number of fused-ring (bicyclic) bond motifs is 1. The van der Waals surface area contributed by atoms with E-state index >= 15 is 0 Å².